The Hall–Kier alpha value is -2.50. The second-order valence-corrected chi connectivity index (χ2v) is 8.05. The lowest BCUT2D eigenvalue weighted by Gasteiger charge is -2.26. The summed E-state index contributed by atoms with van der Waals surface area (Å²) in [5.74, 6) is 2.16. The molecule has 0 amide bonds. The van der Waals surface area contributed by atoms with Gasteiger partial charge in [-0.2, -0.15) is 0 Å². The summed E-state index contributed by atoms with van der Waals surface area (Å²) in [4.78, 5) is 15.4. The van der Waals surface area contributed by atoms with Crippen LogP contribution in [0.4, 0.5) is 0 Å². The van der Waals surface area contributed by atoms with Crippen LogP contribution in [0.1, 0.15) is 48.5 Å². The maximum Gasteiger partial charge on any atom is 0.196 e. The summed E-state index contributed by atoms with van der Waals surface area (Å²) < 4.78 is 17.2. The Labute approximate surface area is 196 Å². The van der Waals surface area contributed by atoms with E-state index in [1.807, 2.05) is 43.3 Å². The molecule has 0 bridgehead atoms. The lowest BCUT2D eigenvalue weighted by atomic mass is 9.98. The van der Waals surface area contributed by atoms with Crippen LogP contribution in [0.5, 0.6) is 17.2 Å². The van der Waals surface area contributed by atoms with Crippen molar-refractivity contribution >= 4 is 24.3 Å². The van der Waals surface area contributed by atoms with Crippen molar-refractivity contribution in [3.63, 3.8) is 0 Å². The number of ketones is 1. The highest BCUT2D eigenvalue weighted by atomic mass is 35.5. The number of carbonyl (C=O) groups is 1. The number of hydrogen-bond acceptors (Lipinski definition) is 5. The Bertz CT molecular complexity index is 920. The van der Waals surface area contributed by atoms with Gasteiger partial charge in [0.05, 0.1) is 18.8 Å². The number of nitrogens with zero attached hydrogens (tertiary/aromatic N) is 1. The van der Waals surface area contributed by atoms with Crippen LogP contribution in [0.25, 0.3) is 6.08 Å². The van der Waals surface area contributed by atoms with E-state index in [1.54, 1.807) is 12.1 Å². The Morgan fingerprint density at radius 2 is 1.75 bits per heavy atom. The number of carbonyl (C=O) groups excluding carboxylic acids is 1. The molecule has 0 saturated carbocycles. The molecule has 2 aliphatic rings. The van der Waals surface area contributed by atoms with Gasteiger partial charge in [0.1, 0.15) is 23.9 Å². The molecule has 2 aliphatic heterocycles. The zero-order valence-corrected chi connectivity index (χ0v) is 19.5. The summed E-state index contributed by atoms with van der Waals surface area (Å²) in [7, 11) is 0. The van der Waals surface area contributed by atoms with E-state index in [0.717, 1.165) is 30.9 Å². The maximum atomic E-state index is 12.8. The summed E-state index contributed by atoms with van der Waals surface area (Å²) in [6.07, 6.45) is 6.95. The number of piperidine rings is 1. The zero-order chi connectivity index (χ0) is 21.5. The van der Waals surface area contributed by atoms with Gasteiger partial charge in [0, 0.05) is 18.2 Å². The van der Waals surface area contributed by atoms with Crippen LogP contribution >= 0.6 is 12.4 Å². The highest BCUT2D eigenvalue weighted by Crippen LogP contribution is 2.31. The van der Waals surface area contributed by atoms with E-state index in [9.17, 15) is 4.79 Å². The van der Waals surface area contributed by atoms with Gasteiger partial charge >= 0.3 is 0 Å². The molecule has 0 atom stereocenters. The van der Waals surface area contributed by atoms with E-state index in [0.29, 0.717) is 29.2 Å². The first-order valence-electron chi connectivity index (χ1n) is 11.3. The molecule has 0 N–H and O–H groups in total. The third-order valence-electron chi connectivity index (χ3n) is 5.74. The van der Waals surface area contributed by atoms with Crippen LogP contribution in [-0.2, 0) is 0 Å². The third kappa shape index (κ3) is 6.27. The molecule has 4 rings (SSSR count). The van der Waals surface area contributed by atoms with Crippen LogP contribution in [0.3, 0.4) is 0 Å². The SMILES string of the molecule is CCOc1ccc2c(c1)OC/C(=C\c1ccc(OCCCN3CCCCC3)cc1)C2=O.Cl. The van der Waals surface area contributed by atoms with Gasteiger partial charge in [-0.05, 0) is 75.2 Å². The minimum atomic E-state index is 0. The predicted molar refractivity (Wildman–Crippen MR) is 130 cm³/mol. The highest BCUT2D eigenvalue weighted by Gasteiger charge is 2.23. The zero-order valence-electron chi connectivity index (χ0n) is 18.7. The Kier molecular flexibility index (Phi) is 9.00. The minimum absolute atomic E-state index is 0. The number of likely N-dealkylation sites (tertiary alicyclic amines) is 1. The molecule has 0 aromatic heterocycles. The molecule has 2 heterocycles. The predicted octanol–water partition coefficient (Wildman–Crippen LogP) is 5.42. The van der Waals surface area contributed by atoms with E-state index < -0.39 is 0 Å². The maximum absolute atomic E-state index is 12.8. The van der Waals surface area contributed by atoms with Gasteiger partial charge in [-0.15, -0.1) is 12.4 Å². The van der Waals surface area contributed by atoms with Crippen molar-refractivity contribution in [3.05, 3.63) is 59.2 Å². The van der Waals surface area contributed by atoms with Crippen molar-refractivity contribution in [2.75, 3.05) is 39.5 Å². The van der Waals surface area contributed by atoms with Gasteiger partial charge in [-0.1, -0.05) is 18.6 Å². The second-order valence-electron chi connectivity index (χ2n) is 8.05. The molecule has 5 nitrogen and oxygen atoms in total. The van der Waals surface area contributed by atoms with Crippen LogP contribution in [0.2, 0.25) is 0 Å². The number of halogens is 1. The van der Waals surface area contributed by atoms with Crippen LogP contribution < -0.4 is 14.2 Å². The van der Waals surface area contributed by atoms with Crippen molar-refractivity contribution in [2.24, 2.45) is 0 Å². The molecule has 1 saturated heterocycles. The fraction of sp³-hybridized carbons (Fsp3) is 0.423. The van der Waals surface area contributed by atoms with Gasteiger partial charge in [-0.25, -0.2) is 0 Å². The normalized spacial score (nSPS) is 17.3. The average Bonchev–Trinajstić information content (AvgIpc) is 2.80. The van der Waals surface area contributed by atoms with Crippen molar-refractivity contribution in [2.45, 2.75) is 32.6 Å². The Morgan fingerprint density at radius 1 is 1.00 bits per heavy atom. The standard InChI is InChI=1S/C26H31NO4.ClH/c1-2-29-23-11-12-24-25(18-23)31-19-21(26(24)28)17-20-7-9-22(10-8-20)30-16-6-15-27-13-4-3-5-14-27;/h7-12,17-18H,2-6,13-16,19H2,1H3;1H/b21-17+;. The summed E-state index contributed by atoms with van der Waals surface area (Å²) in [5, 5.41) is 0. The number of fused-ring (bicyclic) bond motifs is 1. The van der Waals surface area contributed by atoms with Crippen LogP contribution in [0, 0.1) is 0 Å². The van der Waals surface area contributed by atoms with Gasteiger partial charge in [0.15, 0.2) is 5.78 Å². The number of benzene rings is 2. The first-order chi connectivity index (χ1) is 15.2. The molecule has 2 aromatic carbocycles. The summed E-state index contributed by atoms with van der Waals surface area (Å²) >= 11 is 0. The minimum Gasteiger partial charge on any atom is -0.494 e. The van der Waals surface area contributed by atoms with Gasteiger partial charge in [-0.3, -0.25) is 4.79 Å². The Morgan fingerprint density at radius 3 is 2.50 bits per heavy atom. The highest BCUT2D eigenvalue weighted by molar-refractivity contribution is 6.14. The molecular formula is C26H32ClNO4. The number of hydrogen-bond donors (Lipinski definition) is 0. The first-order valence-corrected chi connectivity index (χ1v) is 11.3. The largest absolute Gasteiger partial charge is 0.494 e. The van der Waals surface area contributed by atoms with Crippen LogP contribution in [-0.4, -0.2) is 50.1 Å². The van der Waals surface area contributed by atoms with E-state index in [2.05, 4.69) is 4.90 Å². The van der Waals surface area contributed by atoms with E-state index in [1.165, 1.54) is 32.4 Å². The van der Waals surface area contributed by atoms with Crippen molar-refractivity contribution in [1.82, 2.24) is 4.90 Å². The smallest absolute Gasteiger partial charge is 0.196 e. The molecule has 172 valence electrons. The number of rotatable bonds is 8. The molecule has 32 heavy (non-hydrogen) atoms. The first kappa shape index (κ1) is 24.1. The lowest BCUT2D eigenvalue weighted by molar-refractivity contribution is 0.100. The molecule has 1 fully saturated rings. The quantitative estimate of drug-likeness (QED) is 0.391. The Balaban J connectivity index is 0.00000289. The number of ether oxygens (including phenoxy) is 3. The summed E-state index contributed by atoms with van der Waals surface area (Å²) in [6, 6.07) is 13.3. The fourth-order valence-electron chi connectivity index (χ4n) is 4.09. The molecule has 6 heteroatoms. The van der Waals surface area contributed by atoms with Gasteiger partial charge in [0.25, 0.3) is 0 Å². The van der Waals surface area contributed by atoms with E-state index in [-0.39, 0.29) is 24.8 Å². The van der Waals surface area contributed by atoms with Crippen molar-refractivity contribution in [1.29, 1.82) is 0 Å². The van der Waals surface area contributed by atoms with E-state index >= 15 is 0 Å². The van der Waals surface area contributed by atoms with Gasteiger partial charge in [0.2, 0.25) is 0 Å². The average molecular weight is 458 g/mol. The van der Waals surface area contributed by atoms with Crippen molar-refractivity contribution < 1.29 is 19.0 Å². The molecule has 0 radical (unpaired) electrons. The third-order valence-corrected chi connectivity index (χ3v) is 5.74. The lowest BCUT2D eigenvalue weighted by Crippen LogP contribution is -2.31. The van der Waals surface area contributed by atoms with E-state index in [4.69, 9.17) is 14.2 Å². The fourth-order valence-corrected chi connectivity index (χ4v) is 4.09. The molecular weight excluding hydrogens is 426 g/mol. The second kappa shape index (κ2) is 11.9. The summed E-state index contributed by atoms with van der Waals surface area (Å²) in [6.45, 7) is 7.06. The molecule has 0 unspecified atom stereocenters. The topological polar surface area (TPSA) is 48.0 Å². The van der Waals surface area contributed by atoms with Crippen molar-refractivity contribution in [3.8, 4) is 17.2 Å². The monoisotopic (exact) mass is 457 g/mol. The van der Waals surface area contributed by atoms with Crippen LogP contribution in [0.15, 0.2) is 48.0 Å². The summed E-state index contributed by atoms with van der Waals surface area (Å²) in [5.41, 5.74) is 2.18. The molecule has 0 spiro atoms. The van der Waals surface area contributed by atoms with Gasteiger partial charge < -0.3 is 19.1 Å². The molecule has 0 aliphatic carbocycles. The number of Topliss-reactive ketones (excluding diaryl/α,β-unsaturated/α-hetero) is 1. The molecule has 2 aromatic rings.